The van der Waals surface area contributed by atoms with Crippen molar-refractivity contribution in [1.82, 2.24) is 4.90 Å². The number of ether oxygens (including phenoxy) is 1. The Hall–Kier alpha value is -3.08. The van der Waals surface area contributed by atoms with Crippen LogP contribution in [0, 0.1) is 0 Å². The maximum Gasteiger partial charge on any atom is 0.264 e. The van der Waals surface area contributed by atoms with E-state index in [0.717, 1.165) is 39.1 Å². The van der Waals surface area contributed by atoms with Crippen LogP contribution in [0.2, 0.25) is 0 Å². The number of anilines is 2. The number of halogens is 1. The van der Waals surface area contributed by atoms with Gasteiger partial charge in [0.25, 0.3) is 15.9 Å². The monoisotopic (exact) mass is 613 g/mol. The number of thiophene rings is 1. The van der Waals surface area contributed by atoms with Gasteiger partial charge >= 0.3 is 0 Å². The van der Waals surface area contributed by atoms with Crippen molar-refractivity contribution in [2.75, 3.05) is 49.0 Å². The summed E-state index contributed by atoms with van der Waals surface area (Å²) in [5.41, 5.74) is 1.61. The van der Waals surface area contributed by atoms with Crippen molar-refractivity contribution in [2.45, 2.75) is 11.8 Å². The molecule has 2 heterocycles. The Balaban J connectivity index is 1.33. The van der Waals surface area contributed by atoms with Crippen molar-refractivity contribution < 1.29 is 17.9 Å². The second kappa shape index (κ2) is 11.0. The van der Waals surface area contributed by atoms with Crippen LogP contribution >= 0.6 is 27.3 Å². The predicted molar refractivity (Wildman–Crippen MR) is 157 cm³/mol. The highest BCUT2D eigenvalue weighted by atomic mass is 79.9. The second-order valence-corrected chi connectivity index (χ2v) is 12.8. The third-order valence-electron chi connectivity index (χ3n) is 6.68. The number of fused-ring (bicyclic) bond motifs is 1. The Kier molecular flexibility index (Phi) is 7.65. The molecule has 4 aromatic rings. The van der Waals surface area contributed by atoms with Crippen LogP contribution in [0.4, 0.5) is 11.4 Å². The van der Waals surface area contributed by atoms with Crippen molar-refractivity contribution >= 4 is 64.7 Å². The van der Waals surface area contributed by atoms with Gasteiger partial charge in [-0.05, 0) is 73.0 Å². The Labute approximate surface area is 235 Å². The smallest absolute Gasteiger partial charge is 0.264 e. The molecule has 1 aliphatic heterocycles. The highest BCUT2D eigenvalue weighted by molar-refractivity contribution is 9.10. The van der Waals surface area contributed by atoms with Crippen LogP contribution in [0.3, 0.4) is 0 Å². The molecule has 0 aliphatic carbocycles. The van der Waals surface area contributed by atoms with Gasteiger partial charge in [-0.3, -0.25) is 9.10 Å². The number of sulfonamides is 1. The zero-order valence-electron chi connectivity index (χ0n) is 21.1. The average molecular weight is 615 g/mol. The molecule has 0 unspecified atom stereocenters. The van der Waals surface area contributed by atoms with Crippen LogP contribution in [-0.4, -0.2) is 59.1 Å². The van der Waals surface area contributed by atoms with E-state index in [-0.39, 0.29) is 17.3 Å². The minimum atomic E-state index is -3.72. The quantitative estimate of drug-likeness (QED) is 0.261. The van der Waals surface area contributed by atoms with Crippen molar-refractivity contribution in [2.24, 2.45) is 0 Å². The molecule has 0 spiro atoms. The Bertz CT molecular complexity index is 1560. The first kappa shape index (κ1) is 26.5. The number of methoxy groups -OCH3 is 1. The Morgan fingerprint density at radius 2 is 1.71 bits per heavy atom. The standard InChI is InChI=1S/C28H28BrN3O4S2/c1-3-32(38(34,35)23-11-8-21(29)9-12-23)22-10-13-26-20(18-22)19-27(37-26)28(33)31-16-14-30(15-17-31)24-6-4-5-7-25(24)36-2/h4-13,18-19H,3,14-17H2,1-2H3. The van der Waals surface area contributed by atoms with E-state index in [1.54, 1.807) is 37.4 Å². The van der Waals surface area contributed by atoms with E-state index in [0.29, 0.717) is 23.7 Å². The van der Waals surface area contributed by atoms with Crippen LogP contribution in [0.1, 0.15) is 16.6 Å². The summed E-state index contributed by atoms with van der Waals surface area (Å²) in [6, 6.07) is 22.0. The number of hydrogen-bond acceptors (Lipinski definition) is 6. The molecule has 0 atom stereocenters. The Morgan fingerprint density at radius 1 is 1.00 bits per heavy atom. The molecule has 0 bridgehead atoms. The van der Waals surface area contributed by atoms with Gasteiger partial charge in [0, 0.05) is 41.9 Å². The van der Waals surface area contributed by atoms with Gasteiger partial charge in [-0.2, -0.15) is 0 Å². The zero-order valence-corrected chi connectivity index (χ0v) is 24.4. The number of hydrogen-bond donors (Lipinski definition) is 0. The van der Waals surface area contributed by atoms with Gasteiger partial charge in [0.15, 0.2) is 0 Å². The van der Waals surface area contributed by atoms with Crippen LogP contribution in [0.25, 0.3) is 10.1 Å². The molecule has 1 saturated heterocycles. The van der Waals surface area contributed by atoms with Gasteiger partial charge in [0.2, 0.25) is 0 Å². The normalized spacial score (nSPS) is 14.1. The molecule has 0 radical (unpaired) electrons. The van der Waals surface area contributed by atoms with Crippen molar-refractivity contribution in [3.8, 4) is 5.75 Å². The molecule has 198 valence electrons. The number of nitrogens with zero attached hydrogens (tertiary/aromatic N) is 3. The van der Waals surface area contributed by atoms with Crippen LogP contribution in [-0.2, 0) is 10.0 Å². The summed E-state index contributed by atoms with van der Waals surface area (Å²) < 4.78 is 35.3. The van der Waals surface area contributed by atoms with Gasteiger partial charge in [0.05, 0.1) is 28.3 Å². The molecule has 38 heavy (non-hydrogen) atoms. The van der Waals surface area contributed by atoms with E-state index in [1.807, 2.05) is 54.3 Å². The number of para-hydroxylation sites is 2. The molecule has 5 rings (SSSR count). The number of carbonyl (C=O) groups is 1. The molecule has 1 aliphatic rings. The first-order valence-corrected chi connectivity index (χ1v) is 15.4. The fourth-order valence-corrected chi connectivity index (χ4v) is 7.45. The molecule has 3 aromatic carbocycles. The van der Waals surface area contributed by atoms with E-state index in [4.69, 9.17) is 4.74 Å². The fraction of sp³-hybridized carbons (Fsp3) is 0.250. The number of piperazine rings is 1. The van der Waals surface area contributed by atoms with Gasteiger partial charge in [0.1, 0.15) is 5.75 Å². The fourth-order valence-electron chi connectivity index (χ4n) is 4.71. The number of benzene rings is 3. The van der Waals surface area contributed by atoms with E-state index in [2.05, 4.69) is 20.8 Å². The van der Waals surface area contributed by atoms with Gasteiger partial charge in [-0.15, -0.1) is 11.3 Å². The molecule has 1 aromatic heterocycles. The molecule has 10 heteroatoms. The van der Waals surface area contributed by atoms with Crippen molar-refractivity contribution in [3.05, 3.63) is 82.1 Å². The Morgan fingerprint density at radius 3 is 2.39 bits per heavy atom. The summed E-state index contributed by atoms with van der Waals surface area (Å²) in [6.45, 7) is 4.78. The summed E-state index contributed by atoms with van der Waals surface area (Å²) in [5.74, 6) is 0.832. The summed E-state index contributed by atoms with van der Waals surface area (Å²) in [5, 5.41) is 0.855. The lowest BCUT2D eigenvalue weighted by Crippen LogP contribution is -2.48. The largest absolute Gasteiger partial charge is 0.495 e. The molecule has 0 saturated carbocycles. The molecule has 7 nitrogen and oxygen atoms in total. The highest BCUT2D eigenvalue weighted by Crippen LogP contribution is 2.33. The SMILES string of the molecule is CCN(c1ccc2sc(C(=O)N3CCN(c4ccccc4OC)CC3)cc2c1)S(=O)(=O)c1ccc(Br)cc1. The third kappa shape index (κ3) is 5.12. The minimum Gasteiger partial charge on any atom is -0.495 e. The summed E-state index contributed by atoms with van der Waals surface area (Å²) in [7, 11) is -2.05. The number of carbonyl (C=O) groups excluding carboxylic acids is 1. The van der Waals surface area contributed by atoms with Gasteiger partial charge in [-0.25, -0.2) is 8.42 Å². The van der Waals surface area contributed by atoms with Gasteiger partial charge in [-0.1, -0.05) is 28.1 Å². The topological polar surface area (TPSA) is 70.2 Å². The van der Waals surface area contributed by atoms with Gasteiger partial charge < -0.3 is 14.5 Å². The lowest BCUT2D eigenvalue weighted by molar-refractivity contribution is 0.0751. The lowest BCUT2D eigenvalue weighted by Gasteiger charge is -2.36. The molecular weight excluding hydrogens is 586 g/mol. The predicted octanol–water partition coefficient (Wildman–Crippen LogP) is 5.85. The number of amides is 1. The van der Waals surface area contributed by atoms with Crippen LogP contribution in [0.15, 0.2) is 82.2 Å². The van der Waals surface area contributed by atoms with E-state index in [9.17, 15) is 13.2 Å². The molecule has 1 fully saturated rings. The lowest BCUT2D eigenvalue weighted by atomic mass is 10.2. The van der Waals surface area contributed by atoms with Crippen LogP contribution in [0.5, 0.6) is 5.75 Å². The zero-order chi connectivity index (χ0) is 26.9. The first-order chi connectivity index (χ1) is 18.3. The maximum atomic E-state index is 13.4. The average Bonchev–Trinajstić information content (AvgIpc) is 3.37. The van der Waals surface area contributed by atoms with E-state index < -0.39 is 10.0 Å². The summed E-state index contributed by atoms with van der Waals surface area (Å²) >= 11 is 4.79. The maximum absolute atomic E-state index is 13.4. The van der Waals surface area contributed by atoms with Crippen LogP contribution < -0.4 is 13.9 Å². The summed E-state index contributed by atoms with van der Waals surface area (Å²) in [4.78, 5) is 18.4. The van der Waals surface area contributed by atoms with Crippen molar-refractivity contribution in [1.29, 1.82) is 0 Å². The summed E-state index contributed by atoms with van der Waals surface area (Å²) in [6.07, 6.45) is 0. The molecule has 0 N–H and O–H groups in total. The first-order valence-electron chi connectivity index (χ1n) is 12.3. The highest BCUT2D eigenvalue weighted by Gasteiger charge is 2.26. The second-order valence-electron chi connectivity index (χ2n) is 8.91. The third-order valence-corrected chi connectivity index (χ3v) is 10.2. The van der Waals surface area contributed by atoms with E-state index in [1.165, 1.54) is 15.6 Å². The van der Waals surface area contributed by atoms with E-state index >= 15 is 0 Å². The van der Waals surface area contributed by atoms with Crippen molar-refractivity contribution in [3.63, 3.8) is 0 Å². The number of rotatable bonds is 7. The molecular formula is C28H28BrN3O4S2. The molecule has 1 amide bonds. The minimum absolute atomic E-state index is 0.00209.